The van der Waals surface area contributed by atoms with Gasteiger partial charge in [0.1, 0.15) is 5.54 Å². The summed E-state index contributed by atoms with van der Waals surface area (Å²) in [5.74, 6) is 1.47. The average Bonchev–Trinajstić information content (AvgIpc) is 3.24. The summed E-state index contributed by atoms with van der Waals surface area (Å²) in [6.45, 7) is 14.6. The second-order valence-electron chi connectivity index (χ2n) is 7.99. The van der Waals surface area contributed by atoms with Crippen molar-refractivity contribution < 1.29 is 9.59 Å². The van der Waals surface area contributed by atoms with Gasteiger partial charge in [-0.2, -0.15) is 0 Å². The Labute approximate surface area is 169 Å². The molecule has 3 amide bonds. The summed E-state index contributed by atoms with van der Waals surface area (Å²) in [5, 5.41) is 6.19. The van der Waals surface area contributed by atoms with E-state index in [2.05, 4.69) is 39.3 Å². The van der Waals surface area contributed by atoms with Crippen molar-refractivity contribution in [3.63, 3.8) is 0 Å². The minimum absolute atomic E-state index is 0.122. The normalized spacial score (nSPS) is 25.8. The predicted molar refractivity (Wildman–Crippen MR) is 112 cm³/mol. The number of rotatable bonds is 9. The summed E-state index contributed by atoms with van der Waals surface area (Å²) in [6.07, 6.45) is 2.49. The van der Waals surface area contributed by atoms with Crippen LogP contribution in [0.15, 0.2) is 4.99 Å². The molecule has 2 atom stereocenters. The van der Waals surface area contributed by atoms with Crippen LogP contribution in [0, 0.1) is 5.92 Å². The highest BCUT2D eigenvalue weighted by Gasteiger charge is 2.45. The molecular formula is C20H38N6O2. The Balaban J connectivity index is 1.75. The molecule has 0 saturated carbocycles. The zero-order valence-electron chi connectivity index (χ0n) is 18.3. The standard InChI is InChI=1S/C20H38N6O2/c1-6-20(4)17(27)26(19(28)23-20)12-9-11-22-18(21-5)25-13-10-16(15-25)14-24(7-2)8-3/h16H,6-15H2,1-5H3,(H,21,22)(H,23,28). The van der Waals surface area contributed by atoms with E-state index < -0.39 is 5.54 Å². The van der Waals surface area contributed by atoms with Crippen molar-refractivity contribution >= 4 is 17.9 Å². The van der Waals surface area contributed by atoms with Crippen molar-refractivity contribution in [2.24, 2.45) is 10.9 Å². The van der Waals surface area contributed by atoms with Crippen molar-refractivity contribution in [1.29, 1.82) is 0 Å². The third-order valence-corrected chi connectivity index (χ3v) is 6.10. The van der Waals surface area contributed by atoms with Gasteiger partial charge >= 0.3 is 6.03 Å². The number of nitrogens with one attached hydrogen (secondary N) is 2. The first-order valence-corrected chi connectivity index (χ1v) is 10.7. The van der Waals surface area contributed by atoms with Gasteiger partial charge in [-0.05, 0) is 45.2 Å². The summed E-state index contributed by atoms with van der Waals surface area (Å²) in [5.41, 5.74) is -0.754. The van der Waals surface area contributed by atoms with E-state index in [4.69, 9.17) is 0 Å². The molecule has 8 heteroatoms. The van der Waals surface area contributed by atoms with E-state index >= 15 is 0 Å². The van der Waals surface area contributed by atoms with Gasteiger partial charge in [0, 0.05) is 39.8 Å². The van der Waals surface area contributed by atoms with Crippen LogP contribution in [-0.4, -0.2) is 91.0 Å². The number of aliphatic imine (C=N–C) groups is 1. The molecule has 2 aliphatic heterocycles. The molecule has 0 aromatic carbocycles. The Hall–Kier alpha value is -1.83. The van der Waals surface area contributed by atoms with E-state index in [0.717, 1.165) is 38.7 Å². The maximum absolute atomic E-state index is 12.4. The molecule has 0 aliphatic carbocycles. The molecule has 8 nitrogen and oxygen atoms in total. The Morgan fingerprint density at radius 2 is 2.04 bits per heavy atom. The Morgan fingerprint density at radius 3 is 2.61 bits per heavy atom. The second kappa shape index (κ2) is 10.1. The van der Waals surface area contributed by atoms with E-state index in [0.29, 0.717) is 31.8 Å². The summed E-state index contributed by atoms with van der Waals surface area (Å²) >= 11 is 0. The fourth-order valence-electron chi connectivity index (χ4n) is 3.98. The van der Waals surface area contributed by atoms with Gasteiger partial charge in [0.15, 0.2) is 5.96 Å². The van der Waals surface area contributed by atoms with E-state index in [1.807, 2.05) is 14.0 Å². The van der Waals surface area contributed by atoms with E-state index in [-0.39, 0.29) is 11.9 Å². The summed E-state index contributed by atoms with van der Waals surface area (Å²) < 4.78 is 0. The van der Waals surface area contributed by atoms with E-state index in [1.54, 1.807) is 6.92 Å². The number of urea groups is 1. The highest BCUT2D eigenvalue weighted by Crippen LogP contribution is 2.21. The number of hydrogen-bond acceptors (Lipinski definition) is 4. The number of imide groups is 1. The molecule has 2 aliphatic rings. The van der Waals surface area contributed by atoms with Gasteiger partial charge < -0.3 is 20.4 Å². The summed E-state index contributed by atoms with van der Waals surface area (Å²) in [4.78, 5) is 35.0. The topological polar surface area (TPSA) is 80.3 Å². The number of likely N-dealkylation sites (tertiary alicyclic amines) is 1. The fraction of sp³-hybridized carbons (Fsp3) is 0.850. The van der Waals surface area contributed by atoms with Gasteiger partial charge in [0.25, 0.3) is 5.91 Å². The van der Waals surface area contributed by atoms with E-state index in [9.17, 15) is 9.59 Å². The minimum atomic E-state index is -0.754. The van der Waals surface area contributed by atoms with Crippen LogP contribution in [-0.2, 0) is 4.79 Å². The molecule has 0 aromatic heterocycles. The fourth-order valence-corrected chi connectivity index (χ4v) is 3.98. The number of nitrogens with zero attached hydrogens (tertiary/aromatic N) is 4. The number of carbonyl (C=O) groups excluding carboxylic acids is 2. The number of guanidine groups is 1. The smallest absolute Gasteiger partial charge is 0.325 e. The largest absolute Gasteiger partial charge is 0.356 e. The molecule has 0 spiro atoms. The highest BCUT2D eigenvalue weighted by atomic mass is 16.2. The van der Waals surface area contributed by atoms with Crippen LogP contribution >= 0.6 is 0 Å². The summed E-state index contributed by atoms with van der Waals surface area (Å²) in [7, 11) is 1.81. The van der Waals surface area contributed by atoms with E-state index in [1.165, 1.54) is 11.3 Å². The first kappa shape index (κ1) is 22.5. The molecule has 28 heavy (non-hydrogen) atoms. The first-order valence-electron chi connectivity index (χ1n) is 10.7. The molecule has 160 valence electrons. The maximum Gasteiger partial charge on any atom is 0.325 e. The zero-order valence-corrected chi connectivity index (χ0v) is 18.3. The van der Waals surface area contributed by atoms with Crippen LogP contribution < -0.4 is 10.6 Å². The van der Waals surface area contributed by atoms with Crippen LogP contribution in [0.4, 0.5) is 4.79 Å². The Kier molecular flexibility index (Phi) is 8.10. The molecule has 2 N–H and O–H groups in total. The molecule has 2 saturated heterocycles. The molecule has 0 radical (unpaired) electrons. The monoisotopic (exact) mass is 394 g/mol. The minimum Gasteiger partial charge on any atom is -0.356 e. The number of hydrogen-bond donors (Lipinski definition) is 2. The SMILES string of the molecule is CCN(CC)CC1CCN(C(=NC)NCCCN2C(=O)NC(C)(CC)C2=O)C1. The highest BCUT2D eigenvalue weighted by molar-refractivity contribution is 6.06. The predicted octanol–water partition coefficient (Wildman–Crippen LogP) is 1.34. The lowest BCUT2D eigenvalue weighted by Gasteiger charge is -2.24. The lowest BCUT2D eigenvalue weighted by molar-refractivity contribution is -0.130. The number of amides is 3. The quantitative estimate of drug-likeness (QED) is 0.267. The van der Waals surface area contributed by atoms with Gasteiger partial charge in [-0.15, -0.1) is 0 Å². The van der Waals surface area contributed by atoms with Crippen molar-refractivity contribution in [2.45, 2.75) is 52.5 Å². The third-order valence-electron chi connectivity index (χ3n) is 6.10. The van der Waals surface area contributed by atoms with Crippen LogP contribution in [0.25, 0.3) is 0 Å². The molecule has 0 aromatic rings. The van der Waals surface area contributed by atoms with Crippen molar-refractivity contribution in [2.75, 3.05) is 52.9 Å². The number of carbonyl (C=O) groups is 2. The molecular weight excluding hydrogens is 356 g/mol. The first-order chi connectivity index (χ1) is 13.4. The lowest BCUT2D eigenvalue weighted by Crippen LogP contribution is -2.43. The molecule has 2 rings (SSSR count). The molecule has 2 fully saturated rings. The zero-order chi connectivity index (χ0) is 20.7. The van der Waals surface area contributed by atoms with Crippen molar-refractivity contribution in [3.05, 3.63) is 0 Å². The second-order valence-corrected chi connectivity index (χ2v) is 7.99. The van der Waals surface area contributed by atoms with Gasteiger partial charge in [0.05, 0.1) is 0 Å². The van der Waals surface area contributed by atoms with Crippen LogP contribution in [0.2, 0.25) is 0 Å². The van der Waals surface area contributed by atoms with Crippen LogP contribution in [0.3, 0.4) is 0 Å². The van der Waals surface area contributed by atoms with Gasteiger partial charge in [-0.25, -0.2) is 4.79 Å². The Morgan fingerprint density at radius 1 is 1.32 bits per heavy atom. The molecule has 2 heterocycles. The van der Waals surface area contributed by atoms with Crippen molar-refractivity contribution in [3.8, 4) is 0 Å². The van der Waals surface area contributed by atoms with Crippen LogP contribution in [0.5, 0.6) is 0 Å². The molecule has 0 bridgehead atoms. The van der Waals surface area contributed by atoms with Crippen LogP contribution in [0.1, 0.15) is 47.0 Å². The lowest BCUT2D eigenvalue weighted by atomic mass is 9.99. The third kappa shape index (κ3) is 5.16. The summed E-state index contributed by atoms with van der Waals surface area (Å²) in [6, 6.07) is -0.280. The van der Waals surface area contributed by atoms with Crippen molar-refractivity contribution in [1.82, 2.24) is 25.3 Å². The average molecular weight is 395 g/mol. The Bertz CT molecular complexity index is 577. The van der Waals surface area contributed by atoms with Gasteiger partial charge in [-0.3, -0.25) is 14.7 Å². The maximum atomic E-state index is 12.4. The van der Waals surface area contributed by atoms with Gasteiger partial charge in [-0.1, -0.05) is 20.8 Å². The van der Waals surface area contributed by atoms with Gasteiger partial charge in [0.2, 0.25) is 0 Å². The molecule has 2 unspecified atom stereocenters.